The van der Waals surface area contributed by atoms with E-state index >= 15 is 0 Å². The Labute approximate surface area is 192 Å². The number of nitrogens with zero attached hydrogens (tertiary/aromatic N) is 1. The van der Waals surface area contributed by atoms with E-state index in [9.17, 15) is 13.2 Å². The van der Waals surface area contributed by atoms with E-state index in [1.165, 1.54) is 16.4 Å². The molecule has 170 valence electrons. The van der Waals surface area contributed by atoms with Crippen LogP contribution in [0.3, 0.4) is 0 Å². The largest absolute Gasteiger partial charge is 0.493 e. The minimum absolute atomic E-state index is 0.0948. The van der Waals surface area contributed by atoms with Crippen LogP contribution < -0.4 is 9.47 Å². The van der Waals surface area contributed by atoms with Crippen molar-refractivity contribution in [1.82, 2.24) is 4.31 Å². The van der Waals surface area contributed by atoms with E-state index in [0.717, 1.165) is 5.56 Å². The maximum absolute atomic E-state index is 13.4. The van der Waals surface area contributed by atoms with E-state index in [4.69, 9.17) is 14.2 Å². The average Bonchev–Trinajstić information content (AvgIpc) is 3.11. The van der Waals surface area contributed by atoms with E-state index in [1.54, 1.807) is 43.5 Å². The summed E-state index contributed by atoms with van der Waals surface area (Å²) in [6.45, 7) is 0.459. The van der Waals surface area contributed by atoms with E-state index in [1.807, 2.05) is 24.3 Å². The molecule has 2 heterocycles. The normalized spacial score (nSPS) is 20.3. The van der Waals surface area contributed by atoms with Crippen LogP contribution in [0.25, 0.3) is 0 Å². The van der Waals surface area contributed by atoms with Gasteiger partial charge < -0.3 is 14.2 Å². The molecule has 0 bridgehead atoms. The van der Waals surface area contributed by atoms with Gasteiger partial charge in [-0.2, -0.15) is 4.31 Å². The van der Waals surface area contributed by atoms with Crippen molar-refractivity contribution >= 4 is 16.0 Å². The first-order valence-electron chi connectivity index (χ1n) is 10.7. The molecule has 0 amide bonds. The molecule has 2 aliphatic heterocycles. The zero-order valence-electron chi connectivity index (χ0n) is 18.1. The standard InChI is InChI=1S/C25H23NO6S/c1-30-22-9-4-5-10-23(22)31-18-11-13-19(14-12-18)33(28,29)26-16-6-15-25(17-26)21-8-3-2-7-20(21)24(27)32-25/h2-5,7-14H,6,15-17H2,1H3. The Morgan fingerprint density at radius 2 is 1.64 bits per heavy atom. The van der Waals surface area contributed by atoms with Gasteiger partial charge in [0.25, 0.3) is 0 Å². The van der Waals surface area contributed by atoms with Crippen LogP contribution in [0.2, 0.25) is 0 Å². The van der Waals surface area contributed by atoms with Crippen molar-refractivity contribution in [3.05, 3.63) is 83.9 Å². The number of carbonyl (C=O) groups excluding carboxylic acids is 1. The fraction of sp³-hybridized carbons (Fsp3) is 0.240. The third kappa shape index (κ3) is 3.75. The lowest BCUT2D eigenvalue weighted by Crippen LogP contribution is -2.48. The van der Waals surface area contributed by atoms with Crippen molar-refractivity contribution in [2.45, 2.75) is 23.3 Å². The zero-order chi connectivity index (χ0) is 23.1. The first-order valence-corrected chi connectivity index (χ1v) is 12.1. The van der Waals surface area contributed by atoms with Crippen LogP contribution in [-0.4, -0.2) is 38.9 Å². The predicted octanol–water partition coefficient (Wildman–Crippen LogP) is 4.34. The van der Waals surface area contributed by atoms with Gasteiger partial charge in [-0.05, 0) is 55.3 Å². The second-order valence-corrected chi connectivity index (χ2v) is 10.0. The second kappa shape index (κ2) is 8.20. The van der Waals surface area contributed by atoms with Gasteiger partial charge in [0, 0.05) is 12.1 Å². The summed E-state index contributed by atoms with van der Waals surface area (Å²) in [5, 5.41) is 0. The summed E-state index contributed by atoms with van der Waals surface area (Å²) >= 11 is 0. The van der Waals surface area contributed by atoms with Crippen molar-refractivity contribution in [1.29, 1.82) is 0 Å². The number of para-hydroxylation sites is 2. The summed E-state index contributed by atoms with van der Waals surface area (Å²) in [4.78, 5) is 12.5. The van der Waals surface area contributed by atoms with Crippen molar-refractivity contribution in [3.63, 3.8) is 0 Å². The number of esters is 1. The molecule has 8 heteroatoms. The van der Waals surface area contributed by atoms with E-state index in [2.05, 4.69) is 0 Å². The number of carbonyl (C=O) groups is 1. The minimum Gasteiger partial charge on any atom is -0.493 e. The lowest BCUT2D eigenvalue weighted by Gasteiger charge is -2.38. The van der Waals surface area contributed by atoms with Gasteiger partial charge in [0.05, 0.1) is 24.1 Å². The average molecular weight is 466 g/mol. The van der Waals surface area contributed by atoms with Crippen molar-refractivity contribution in [2.24, 2.45) is 0 Å². The second-order valence-electron chi connectivity index (χ2n) is 8.10. The van der Waals surface area contributed by atoms with Crippen molar-refractivity contribution in [3.8, 4) is 17.2 Å². The van der Waals surface area contributed by atoms with Crippen molar-refractivity contribution < 1.29 is 27.4 Å². The lowest BCUT2D eigenvalue weighted by atomic mass is 9.86. The Hall–Kier alpha value is -3.36. The molecule has 0 saturated carbocycles. The Morgan fingerprint density at radius 3 is 2.39 bits per heavy atom. The molecule has 0 N–H and O–H groups in total. The summed E-state index contributed by atoms with van der Waals surface area (Å²) in [7, 11) is -2.23. The number of hydrogen-bond donors (Lipinski definition) is 0. The molecule has 0 radical (unpaired) electrons. The Morgan fingerprint density at radius 1 is 0.939 bits per heavy atom. The summed E-state index contributed by atoms with van der Waals surface area (Å²) in [5.74, 6) is 1.21. The van der Waals surface area contributed by atoms with Crippen LogP contribution in [0.1, 0.15) is 28.8 Å². The molecular formula is C25H23NO6S. The van der Waals surface area contributed by atoms with Gasteiger partial charge in [0.1, 0.15) is 5.75 Å². The first-order chi connectivity index (χ1) is 15.9. The topological polar surface area (TPSA) is 82.1 Å². The van der Waals surface area contributed by atoms with Crippen LogP contribution in [0.15, 0.2) is 77.7 Å². The van der Waals surface area contributed by atoms with Gasteiger partial charge in [-0.1, -0.05) is 30.3 Å². The number of fused-ring (bicyclic) bond motifs is 2. The van der Waals surface area contributed by atoms with Crippen LogP contribution in [0, 0.1) is 0 Å². The molecule has 3 aromatic carbocycles. The maximum atomic E-state index is 13.4. The van der Waals surface area contributed by atoms with Gasteiger partial charge in [-0.3, -0.25) is 0 Å². The van der Waals surface area contributed by atoms with Gasteiger partial charge in [0.15, 0.2) is 17.1 Å². The molecule has 33 heavy (non-hydrogen) atoms. The quantitative estimate of drug-likeness (QED) is 0.522. The van der Waals surface area contributed by atoms with Crippen LogP contribution in [-0.2, 0) is 20.4 Å². The zero-order valence-corrected chi connectivity index (χ0v) is 18.9. The molecular weight excluding hydrogens is 442 g/mol. The number of ether oxygens (including phenoxy) is 3. The molecule has 0 aromatic heterocycles. The van der Waals surface area contributed by atoms with Crippen molar-refractivity contribution in [2.75, 3.05) is 20.2 Å². The molecule has 0 aliphatic carbocycles. The maximum Gasteiger partial charge on any atom is 0.339 e. The molecule has 1 spiro atoms. The third-order valence-electron chi connectivity index (χ3n) is 6.10. The summed E-state index contributed by atoms with van der Waals surface area (Å²) in [6.07, 6.45) is 1.18. The SMILES string of the molecule is COc1ccccc1Oc1ccc(S(=O)(=O)N2CCCC3(C2)OC(=O)c2ccccc23)cc1. The van der Waals surface area contributed by atoms with Crippen LogP contribution >= 0.6 is 0 Å². The fourth-order valence-corrected chi connectivity index (χ4v) is 6.02. The number of hydrogen-bond acceptors (Lipinski definition) is 6. The molecule has 1 saturated heterocycles. The molecule has 1 fully saturated rings. The minimum atomic E-state index is -3.79. The highest BCUT2D eigenvalue weighted by atomic mass is 32.2. The predicted molar refractivity (Wildman–Crippen MR) is 121 cm³/mol. The van der Waals surface area contributed by atoms with E-state index < -0.39 is 21.6 Å². The smallest absolute Gasteiger partial charge is 0.339 e. The monoisotopic (exact) mass is 465 g/mol. The highest BCUT2D eigenvalue weighted by Gasteiger charge is 2.50. The molecule has 2 aliphatic rings. The van der Waals surface area contributed by atoms with Gasteiger partial charge in [-0.15, -0.1) is 0 Å². The fourth-order valence-electron chi connectivity index (χ4n) is 4.50. The molecule has 1 unspecified atom stereocenters. The third-order valence-corrected chi connectivity index (χ3v) is 7.96. The molecule has 5 rings (SSSR count). The molecule has 3 aromatic rings. The highest BCUT2D eigenvalue weighted by molar-refractivity contribution is 7.89. The summed E-state index contributed by atoms with van der Waals surface area (Å²) in [5.41, 5.74) is 0.330. The lowest BCUT2D eigenvalue weighted by molar-refractivity contribution is -0.0345. The number of sulfonamides is 1. The number of rotatable bonds is 5. The van der Waals surface area contributed by atoms with Crippen LogP contribution in [0.4, 0.5) is 0 Å². The summed E-state index contributed by atoms with van der Waals surface area (Å²) in [6, 6.07) is 20.7. The Bertz CT molecular complexity index is 1300. The van der Waals surface area contributed by atoms with E-state index in [-0.39, 0.29) is 11.4 Å². The summed E-state index contributed by atoms with van der Waals surface area (Å²) < 4.78 is 45.1. The molecule has 1 atom stereocenters. The number of piperidine rings is 1. The Kier molecular flexibility index (Phi) is 5.34. The Balaban J connectivity index is 1.38. The van der Waals surface area contributed by atoms with Crippen LogP contribution in [0.5, 0.6) is 17.2 Å². The van der Waals surface area contributed by atoms with E-state index in [0.29, 0.717) is 42.2 Å². The first kappa shape index (κ1) is 21.5. The number of benzene rings is 3. The number of methoxy groups -OCH3 is 1. The van der Waals surface area contributed by atoms with Gasteiger partial charge >= 0.3 is 5.97 Å². The molecule has 7 nitrogen and oxygen atoms in total. The van der Waals surface area contributed by atoms with Gasteiger partial charge in [0.2, 0.25) is 10.0 Å². The van der Waals surface area contributed by atoms with Gasteiger partial charge in [-0.25, -0.2) is 13.2 Å². The highest BCUT2D eigenvalue weighted by Crippen LogP contribution is 2.44.